The third-order valence-electron chi connectivity index (χ3n) is 3.66. The number of nitrogens with two attached hydrogens (primary N) is 1. The number of pyridine rings is 1. The second kappa shape index (κ2) is 5.88. The normalized spacial score (nSPS) is 18.1. The molecule has 1 aliphatic rings. The molecule has 1 fully saturated rings. The quantitative estimate of drug-likeness (QED) is 0.798. The number of nitrogens with zero attached hydrogens (tertiary/aromatic N) is 3. The molecule has 1 aromatic heterocycles. The summed E-state index contributed by atoms with van der Waals surface area (Å²) in [5, 5.41) is 2.69. The van der Waals surface area contributed by atoms with Crippen molar-refractivity contribution in [2.24, 2.45) is 0 Å². The average Bonchev–Trinajstić information content (AvgIpc) is 2.46. The number of nitrogen functional groups attached to an aromatic ring is 1. The summed E-state index contributed by atoms with van der Waals surface area (Å²) < 4.78 is 0. The average molecular weight is 263 g/mol. The lowest BCUT2D eigenvalue weighted by atomic mass is 10.2. The summed E-state index contributed by atoms with van der Waals surface area (Å²) in [7, 11) is 1.67. The highest BCUT2D eigenvalue weighted by Gasteiger charge is 2.25. The standard InChI is InChI=1S/C13H21N5O/c1-10(13(19)15-2)17-5-7-18(8-6-17)12-3-4-16-9-11(12)14/h3-4,9-10H,5-8,14H2,1-2H3,(H,15,19). The number of rotatable bonds is 3. The Labute approximate surface area is 113 Å². The zero-order chi connectivity index (χ0) is 13.8. The lowest BCUT2D eigenvalue weighted by Gasteiger charge is -2.38. The van der Waals surface area contributed by atoms with Crippen molar-refractivity contribution in [2.45, 2.75) is 13.0 Å². The largest absolute Gasteiger partial charge is 0.396 e. The number of aromatic nitrogens is 1. The van der Waals surface area contributed by atoms with Gasteiger partial charge in [-0.3, -0.25) is 14.7 Å². The fourth-order valence-electron chi connectivity index (χ4n) is 2.41. The van der Waals surface area contributed by atoms with Crippen molar-refractivity contribution in [3.8, 4) is 0 Å². The first-order valence-electron chi connectivity index (χ1n) is 6.53. The van der Waals surface area contributed by atoms with Gasteiger partial charge < -0.3 is 16.0 Å². The molecule has 0 spiro atoms. The van der Waals surface area contributed by atoms with Crippen LogP contribution in [-0.4, -0.2) is 55.1 Å². The molecule has 0 aliphatic carbocycles. The lowest BCUT2D eigenvalue weighted by molar-refractivity contribution is -0.125. The van der Waals surface area contributed by atoms with E-state index in [2.05, 4.69) is 20.1 Å². The summed E-state index contributed by atoms with van der Waals surface area (Å²) in [6.07, 6.45) is 3.43. The van der Waals surface area contributed by atoms with Crippen LogP contribution in [0.3, 0.4) is 0 Å². The van der Waals surface area contributed by atoms with Gasteiger partial charge >= 0.3 is 0 Å². The van der Waals surface area contributed by atoms with Crippen LogP contribution in [0.1, 0.15) is 6.92 Å². The van der Waals surface area contributed by atoms with Gasteiger partial charge in [0.15, 0.2) is 0 Å². The molecule has 0 aromatic carbocycles. The van der Waals surface area contributed by atoms with E-state index in [1.165, 1.54) is 0 Å². The molecule has 0 radical (unpaired) electrons. The number of hydrogen-bond acceptors (Lipinski definition) is 5. The van der Waals surface area contributed by atoms with Crippen molar-refractivity contribution in [3.63, 3.8) is 0 Å². The number of likely N-dealkylation sites (N-methyl/N-ethyl adjacent to an activating group) is 1. The van der Waals surface area contributed by atoms with Gasteiger partial charge in [-0.1, -0.05) is 0 Å². The fraction of sp³-hybridized carbons (Fsp3) is 0.538. The molecule has 1 aromatic rings. The van der Waals surface area contributed by atoms with Gasteiger partial charge in [0.2, 0.25) is 5.91 Å². The number of amides is 1. The molecule has 104 valence electrons. The molecule has 0 bridgehead atoms. The van der Waals surface area contributed by atoms with E-state index in [0.717, 1.165) is 31.9 Å². The van der Waals surface area contributed by atoms with Gasteiger partial charge in [0, 0.05) is 39.4 Å². The maximum Gasteiger partial charge on any atom is 0.236 e. The minimum atomic E-state index is -0.0815. The van der Waals surface area contributed by atoms with E-state index in [4.69, 9.17) is 5.73 Å². The molecule has 3 N–H and O–H groups in total. The summed E-state index contributed by atoms with van der Waals surface area (Å²) in [6.45, 7) is 5.40. The van der Waals surface area contributed by atoms with Crippen LogP contribution < -0.4 is 16.0 Å². The molecule has 2 heterocycles. The minimum absolute atomic E-state index is 0.0666. The number of carbonyl (C=O) groups is 1. The molecule has 2 rings (SSSR count). The van der Waals surface area contributed by atoms with Gasteiger partial charge in [-0.2, -0.15) is 0 Å². The Morgan fingerprint density at radius 2 is 2.11 bits per heavy atom. The molecule has 1 amide bonds. The van der Waals surface area contributed by atoms with Gasteiger partial charge in [0.05, 0.1) is 23.6 Å². The highest BCUT2D eigenvalue weighted by molar-refractivity contribution is 5.81. The van der Waals surface area contributed by atoms with Crippen molar-refractivity contribution in [3.05, 3.63) is 18.5 Å². The van der Waals surface area contributed by atoms with Crippen LogP contribution in [0.5, 0.6) is 0 Å². The predicted octanol–water partition coefficient (Wildman–Crippen LogP) is -0.0797. The van der Waals surface area contributed by atoms with E-state index in [1.54, 1.807) is 19.4 Å². The highest BCUT2D eigenvalue weighted by atomic mass is 16.2. The topological polar surface area (TPSA) is 74.5 Å². The first-order chi connectivity index (χ1) is 9.13. The summed E-state index contributed by atoms with van der Waals surface area (Å²) in [4.78, 5) is 20.1. The SMILES string of the molecule is CNC(=O)C(C)N1CCN(c2ccncc2N)CC1. The Kier molecular flexibility index (Phi) is 4.21. The smallest absolute Gasteiger partial charge is 0.236 e. The molecular formula is C13H21N5O. The number of anilines is 2. The van der Waals surface area contributed by atoms with Gasteiger partial charge in [-0.25, -0.2) is 0 Å². The van der Waals surface area contributed by atoms with Gasteiger partial charge in [-0.05, 0) is 13.0 Å². The van der Waals surface area contributed by atoms with Crippen molar-refractivity contribution in [2.75, 3.05) is 43.9 Å². The maximum atomic E-state index is 11.6. The monoisotopic (exact) mass is 263 g/mol. The third-order valence-corrected chi connectivity index (χ3v) is 3.66. The Morgan fingerprint density at radius 3 is 2.68 bits per heavy atom. The molecular weight excluding hydrogens is 242 g/mol. The number of hydrogen-bond donors (Lipinski definition) is 2. The molecule has 6 nitrogen and oxygen atoms in total. The van der Waals surface area contributed by atoms with Crippen molar-refractivity contribution in [1.82, 2.24) is 15.2 Å². The van der Waals surface area contributed by atoms with Gasteiger partial charge in [-0.15, -0.1) is 0 Å². The van der Waals surface area contributed by atoms with Gasteiger partial charge in [0.25, 0.3) is 0 Å². The summed E-state index contributed by atoms with van der Waals surface area (Å²) in [5.74, 6) is 0.0666. The van der Waals surface area contributed by atoms with Crippen LogP contribution in [0.4, 0.5) is 11.4 Å². The molecule has 19 heavy (non-hydrogen) atoms. The third kappa shape index (κ3) is 2.96. The second-order valence-electron chi connectivity index (χ2n) is 4.75. The molecule has 1 unspecified atom stereocenters. The molecule has 6 heteroatoms. The van der Waals surface area contributed by atoms with E-state index in [-0.39, 0.29) is 11.9 Å². The number of carbonyl (C=O) groups excluding carboxylic acids is 1. The lowest BCUT2D eigenvalue weighted by Crippen LogP contribution is -2.53. The van der Waals surface area contributed by atoms with Crippen LogP contribution in [0.15, 0.2) is 18.5 Å². The highest BCUT2D eigenvalue weighted by Crippen LogP contribution is 2.22. The van der Waals surface area contributed by atoms with E-state index in [1.807, 2.05) is 13.0 Å². The molecule has 1 saturated heterocycles. The maximum absolute atomic E-state index is 11.6. The predicted molar refractivity (Wildman–Crippen MR) is 76.0 cm³/mol. The number of piperazine rings is 1. The van der Waals surface area contributed by atoms with E-state index >= 15 is 0 Å². The van der Waals surface area contributed by atoms with Crippen LogP contribution in [-0.2, 0) is 4.79 Å². The Bertz CT molecular complexity index is 442. The zero-order valence-corrected chi connectivity index (χ0v) is 11.5. The van der Waals surface area contributed by atoms with Crippen molar-refractivity contribution < 1.29 is 4.79 Å². The minimum Gasteiger partial charge on any atom is -0.396 e. The van der Waals surface area contributed by atoms with E-state index in [9.17, 15) is 4.79 Å². The van der Waals surface area contributed by atoms with Gasteiger partial charge in [0.1, 0.15) is 0 Å². The van der Waals surface area contributed by atoms with Crippen LogP contribution in [0, 0.1) is 0 Å². The summed E-state index contributed by atoms with van der Waals surface area (Å²) in [6, 6.07) is 1.86. The van der Waals surface area contributed by atoms with Crippen LogP contribution in [0.2, 0.25) is 0 Å². The molecule has 1 aliphatic heterocycles. The Morgan fingerprint density at radius 1 is 1.42 bits per heavy atom. The molecule has 1 atom stereocenters. The second-order valence-corrected chi connectivity index (χ2v) is 4.75. The number of nitrogens with one attached hydrogen (secondary N) is 1. The summed E-state index contributed by atoms with van der Waals surface area (Å²) in [5.41, 5.74) is 7.67. The summed E-state index contributed by atoms with van der Waals surface area (Å²) >= 11 is 0. The van der Waals surface area contributed by atoms with E-state index in [0.29, 0.717) is 5.69 Å². The molecule has 0 saturated carbocycles. The first kappa shape index (κ1) is 13.6. The van der Waals surface area contributed by atoms with Crippen LogP contribution >= 0.6 is 0 Å². The van der Waals surface area contributed by atoms with Crippen LogP contribution in [0.25, 0.3) is 0 Å². The zero-order valence-electron chi connectivity index (χ0n) is 11.5. The first-order valence-corrected chi connectivity index (χ1v) is 6.53. The van der Waals surface area contributed by atoms with Crippen molar-refractivity contribution >= 4 is 17.3 Å². The Balaban J connectivity index is 1.96. The van der Waals surface area contributed by atoms with E-state index < -0.39 is 0 Å². The van der Waals surface area contributed by atoms with Crippen molar-refractivity contribution in [1.29, 1.82) is 0 Å². The fourth-order valence-corrected chi connectivity index (χ4v) is 2.41. The Hall–Kier alpha value is -1.82.